The van der Waals surface area contributed by atoms with Gasteiger partial charge >= 0.3 is 0 Å². The van der Waals surface area contributed by atoms with Crippen molar-refractivity contribution < 1.29 is 4.42 Å². The second-order valence-electron chi connectivity index (χ2n) is 3.96. The summed E-state index contributed by atoms with van der Waals surface area (Å²) in [4.78, 5) is 0. The van der Waals surface area contributed by atoms with E-state index in [0.717, 1.165) is 24.4 Å². The minimum absolute atomic E-state index is 0.375. The lowest BCUT2D eigenvalue weighted by molar-refractivity contribution is 0.484. The molecule has 0 aliphatic rings. The van der Waals surface area contributed by atoms with E-state index in [0.29, 0.717) is 6.04 Å². The van der Waals surface area contributed by atoms with Gasteiger partial charge in [-0.3, -0.25) is 0 Å². The van der Waals surface area contributed by atoms with Crippen LogP contribution in [0, 0.1) is 20.8 Å². The zero-order chi connectivity index (χ0) is 11.4. The average Bonchev–Trinajstić information content (AvgIpc) is 2.45. The smallest absolute Gasteiger partial charge is 0.106 e. The second kappa shape index (κ2) is 5.17. The molecule has 15 heavy (non-hydrogen) atoms. The van der Waals surface area contributed by atoms with Gasteiger partial charge in [0.25, 0.3) is 0 Å². The fourth-order valence-corrected chi connectivity index (χ4v) is 2.04. The van der Waals surface area contributed by atoms with Gasteiger partial charge in [0.05, 0.1) is 0 Å². The molecule has 1 heterocycles. The average molecular weight is 207 g/mol. The highest BCUT2D eigenvalue weighted by Crippen LogP contribution is 2.29. The molecular weight excluding hydrogens is 186 g/mol. The van der Waals surface area contributed by atoms with Gasteiger partial charge in [-0.05, 0) is 46.2 Å². The first-order chi connectivity index (χ1) is 7.11. The summed E-state index contributed by atoms with van der Waals surface area (Å²) in [6.07, 6.45) is 4.05. The van der Waals surface area contributed by atoms with Gasteiger partial charge in [0.2, 0.25) is 0 Å². The molecule has 84 valence electrons. The molecule has 0 aliphatic heterocycles. The molecule has 1 N–H and O–H groups in total. The van der Waals surface area contributed by atoms with Crippen LogP contribution in [0.3, 0.4) is 0 Å². The Morgan fingerprint density at radius 3 is 2.40 bits per heavy atom. The van der Waals surface area contributed by atoms with Crippen molar-refractivity contribution in [3.05, 3.63) is 35.3 Å². The minimum atomic E-state index is 0.375. The number of furan rings is 1. The summed E-state index contributed by atoms with van der Waals surface area (Å²) in [7, 11) is 2.00. The van der Waals surface area contributed by atoms with Gasteiger partial charge in [0, 0.05) is 11.6 Å². The van der Waals surface area contributed by atoms with Crippen molar-refractivity contribution in [3.8, 4) is 0 Å². The third-order valence-electron chi connectivity index (χ3n) is 2.97. The predicted molar refractivity (Wildman–Crippen MR) is 64.2 cm³/mol. The molecule has 0 spiro atoms. The summed E-state index contributed by atoms with van der Waals surface area (Å²) >= 11 is 0. The molecule has 0 radical (unpaired) electrons. The van der Waals surface area contributed by atoms with Gasteiger partial charge in [0.1, 0.15) is 11.5 Å². The molecule has 2 heteroatoms. The van der Waals surface area contributed by atoms with Crippen LogP contribution < -0.4 is 5.32 Å². The van der Waals surface area contributed by atoms with Crippen molar-refractivity contribution in [2.45, 2.75) is 39.7 Å². The minimum Gasteiger partial charge on any atom is -0.466 e. The monoisotopic (exact) mass is 207 g/mol. The fourth-order valence-electron chi connectivity index (χ4n) is 2.04. The topological polar surface area (TPSA) is 25.2 Å². The van der Waals surface area contributed by atoms with E-state index in [1.165, 1.54) is 11.1 Å². The number of rotatable bonds is 5. The van der Waals surface area contributed by atoms with Crippen LogP contribution in [0.25, 0.3) is 0 Å². The van der Waals surface area contributed by atoms with E-state index in [-0.39, 0.29) is 0 Å². The first-order valence-electron chi connectivity index (χ1n) is 5.46. The molecule has 0 aromatic carbocycles. The van der Waals surface area contributed by atoms with E-state index in [1.807, 2.05) is 27.0 Å². The highest BCUT2D eigenvalue weighted by Gasteiger charge is 2.18. The zero-order valence-corrected chi connectivity index (χ0v) is 10.2. The third kappa shape index (κ3) is 2.51. The molecule has 1 atom stereocenters. The first-order valence-corrected chi connectivity index (χ1v) is 5.46. The molecule has 0 saturated heterocycles. The van der Waals surface area contributed by atoms with E-state index in [2.05, 4.69) is 18.8 Å². The molecular formula is C13H21NO. The summed E-state index contributed by atoms with van der Waals surface area (Å²) in [6.45, 7) is 9.94. The maximum atomic E-state index is 5.64. The molecule has 0 saturated carbocycles. The molecule has 1 aromatic heterocycles. The maximum absolute atomic E-state index is 5.64. The van der Waals surface area contributed by atoms with Crippen molar-refractivity contribution >= 4 is 0 Å². The second-order valence-corrected chi connectivity index (χ2v) is 3.96. The maximum Gasteiger partial charge on any atom is 0.106 e. The largest absolute Gasteiger partial charge is 0.466 e. The van der Waals surface area contributed by atoms with Gasteiger partial charge in [0.15, 0.2) is 0 Å². The highest BCUT2D eigenvalue weighted by molar-refractivity contribution is 5.34. The Balaban J connectivity index is 2.95. The normalized spacial score (nSPS) is 12.8. The van der Waals surface area contributed by atoms with Crippen LogP contribution >= 0.6 is 0 Å². The Morgan fingerprint density at radius 1 is 1.33 bits per heavy atom. The first kappa shape index (κ1) is 12.1. The van der Waals surface area contributed by atoms with Crippen molar-refractivity contribution in [2.24, 2.45) is 0 Å². The summed E-state index contributed by atoms with van der Waals surface area (Å²) in [6, 6.07) is 0.375. The van der Waals surface area contributed by atoms with Gasteiger partial charge in [-0.1, -0.05) is 6.08 Å². The van der Waals surface area contributed by atoms with Crippen LogP contribution in [-0.4, -0.2) is 7.05 Å². The quantitative estimate of drug-likeness (QED) is 0.748. The number of nitrogens with one attached hydrogen (secondary N) is 1. The fraction of sp³-hybridized carbons (Fsp3) is 0.538. The Kier molecular flexibility index (Phi) is 4.15. The summed E-state index contributed by atoms with van der Waals surface area (Å²) in [5, 5.41) is 3.34. The Bertz CT molecular complexity index is 339. The Morgan fingerprint density at radius 2 is 2.00 bits per heavy atom. The summed E-state index contributed by atoms with van der Waals surface area (Å²) in [5.41, 5.74) is 2.59. The molecule has 1 aromatic rings. The lowest BCUT2D eigenvalue weighted by atomic mass is 9.98. The Hall–Kier alpha value is -1.02. The van der Waals surface area contributed by atoms with Crippen LogP contribution in [0.2, 0.25) is 0 Å². The SMILES string of the molecule is C=CCCC(NC)c1c(C)oc(C)c1C. The van der Waals surface area contributed by atoms with Crippen molar-refractivity contribution in [1.29, 1.82) is 0 Å². The van der Waals surface area contributed by atoms with Gasteiger partial charge in [-0.2, -0.15) is 0 Å². The van der Waals surface area contributed by atoms with E-state index >= 15 is 0 Å². The molecule has 0 fully saturated rings. The van der Waals surface area contributed by atoms with Crippen LogP contribution in [0.15, 0.2) is 17.1 Å². The Labute approximate surface area is 92.4 Å². The predicted octanol–water partition coefficient (Wildman–Crippen LogP) is 3.43. The van der Waals surface area contributed by atoms with Crippen molar-refractivity contribution in [1.82, 2.24) is 5.32 Å². The molecule has 2 nitrogen and oxygen atoms in total. The number of allylic oxidation sites excluding steroid dienone is 1. The number of aryl methyl sites for hydroxylation is 2. The highest BCUT2D eigenvalue weighted by atomic mass is 16.3. The van der Waals surface area contributed by atoms with E-state index in [9.17, 15) is 0 Å². The number of hydrogen-bond acceptors (Lipinski definition) is 2. The van der Waals surface area contributed by atoms with Crippen molar-refractivity contribution in [3.63, 3.8) is 0 Å². The summed E-state index contributed by atoms with van der Waals surface area (Å²) in [5.74, 6) is 2.06. The molecule has 1 unspecified atom stereocenters. The standard InChI is InChI=1S/C13H21NO/c1-6-7-8-12(14-5)13-9(2)10(3)15-11(13)4/h6,12,14H,1,7-8H2,2-5H3. The third-order valence-corrected chi connectivity index (χ3v) is 2.97. The van der Waals surface area contributed by atoms with E-state index < -0.39 is 0 Å². The lowest BCUT2D eigenvalue weighted by Gasteiger charge is -2.15. The molecule has 0 bridgehead atoms. The van der Waals surface area contributed by atoms with Crippen LogP contribution in [-0.2, 0) is 0 Å². The molecule has 1 rings (SSSR count). The molecule has 0 aliphatic carbocycles. The number of hydrogen-bond donors (Lipinski definition) is 1. The lowest BCUT2D eigenvalue weighted by Crippen LogP contribution is -2.17. The zero-order valence-electron chi connectivity index (χ0n) is 10.2. The van der Waals surface area contributed by atoms with Crippen LogP contribution in [0.4, 0.5) is 0 Å². The molecule has 0 amide bonds. The van der Waals surface area contributed by atoms with Crippen molar-refractivity contribution in [2.75, 3.05) is 7.05 Å². The van der Waals surface area contributed by atoms with Gasteiger partial charge in [-0.15, -0.1) is 6.58 Å². The van der Waals surface area contributed by atoms with E-state index in [4.69, 9.17) is 4.42 Å². The van der Waals surface area contributed by atoms with Gasteiger partial charge in [-0.25, -0.2) is 0 Å². The summed E-state index contributed by atoms with van der Waals surface area (Å²) < 4.78 is 5.64. The van der Waals surface area contributed by atoms with Gasteiger partial charge < -0.3 is 9.73 Å². The van der Waals surface area contributed by atoms with E-state index in [1.54, 1.807) is 0 Å². The van der Waals surface area contributed by atoms with Crippen LogP contribution in [0.5, 0.6) is 0 Å². The van der Waals surface area contributed by atoms with Crippen LogP contribution in [0.1, 0.15) is 41.5 Å².